The molecule has 2 saturated carbocycles. The quantitative estimate of drug-likeness (QED) is 0.645. The van der Waals surface area contributed by atoms with Gasteiger partial charge in [0.15, 0.2) is 0 Å². The van der Waals surface area contributed by atoms with Crippen molar-refractivity contribution < 1.29 is 9.84 Å². The van der Waals surface area contributed by atoms with Gasteiger partial charge in [0.2, 0.25) is 0 Å². The molecule has 1 N–H and O–H groups in total. The number of benzene rings is 1. The van der Waals surface area contributed by atoms with Crippen LogP contribution in [0.5, 0.6) is 5.75 Å². The summed E-state index contributed by atoms with van der Waals surface area (Å²) in [4.78, 5) is 1.25. The Morgan fingerprint density at radius 1 is 1.12 bits per heavy atom. The van der Waals surface area contributed by atoms with Crippen molar-refractivity contribution in [2.24, 2.45) is 22.7 Å². The predicted molar refractivity (Wildman–Crippen MR) is 111 cm³/mol. The Morgan fingerprint density at radius 3 is 2.54 bits per heavy atom. The Balaban J connectivity index is 1.85. The van der Waals surface area contributed by atoms with Crippen LogP contribution in [0.3, 0.4) is 0 Å². The van der Waals surface area contributed by atoms with E-state index in [1.54, 1.807) is 7.11 Å². The largest absolute Gasteiger partial charge is 0.497 e. The highest BCUT2D eigenvalue weighted by atomic mass is 32.2. The number of fused-ring (bicyclic) bond motifs is 1. The topological polar surface area (TPSA) is 29.5 Å². The molecule has 1 aromatic carbocycles. The van der Waals surface area contributed by atoms with Gasteiger partial charge < -0.3 is 9.84 Å². The molecular formula is C23H36O2S. The third-order valence-corrected chi connectivity index (χ3v) is 8.51. The minimum atomic E-state index is -0.570. The highest BCUT2D eigenvalue weighted by molar-refractivity contribution is 7.99. The first kappa shape index (κ1) is 20.1. The average molecular weight is 377 g/mol. The number of hydrogen-bond acceptors (Lipinski definition) is 3. The smallest absolute Gasteiger partial charge is 0.120 e. The molecule has 1 aromatic rings. The second kappa shape index (κ2) is 7.05. The number of ether oxygens (including phenoxy) is 1. The number of hydrogen-bond donors (Lipinski definition) is 1. The fourth-order valence-electron chi connectivity index (χ4n) is 6.09. The molecule has 0 aromatic heterocycles. The van der Waals surface area contributed by atoms with Gasteiger partial charge in [0.05, 0.1) is 12.7 Å². The lowest BCUT2D eigenvalue weighted by molar-refractivity contribution is -0.158. The molecule has 0 bridgehead atoms. The van der Waals surface area contributed by atoms with Gasteiger partial charge in [0, 0.05) is 16.6 Å². The van der Waals surface area contributed by atoms with Crippen LogP contribution in [0.4, 0.5) is 0 Å². The summed E-state index contributed by atoms with van der Waals surface area (Å²) in [6, 6.07) is 6.43. The summed E-state index contributed by atoms with van der Waals surface area (Å²) in [5, 5.41) is 11.3. The molecule has 3 rings (SSSR count). The molecule has 0 aliphatic heterocycles. The Labute approximate surface area is 164 Å². The summed E-state index contributed by atoms with van der Waals surface area (Å²) in [5.41, 5.74) is 1.27. The van der Waals surface area contributed by atoms with E-state index < -0.39 is 5.60 Å². The van der Waals surface area contributed by atoms with E-state index in [9.17, 15) is 5.11 Å². The predicted octanol–water partition coefficient (Wildman–Crippen LogP) is 6.09. The van der Waals surface area contributed by atoms with Gasteiger partial charge in [0.25, 0.3) is 0 Å². The molecule has 3 heteroatoms. The summed E-state index contributed by atoms with van der Waals surface area (Å²) in [6.07, 6.45) is 5.95. The van der Waals surface area contributed by atoms with E-state index in [-0.39, 0.29) is 5.41 Å². The van der Waals surface area contributed by atoms with Crippen molar-refractivity contribution in [3.8, 4) is 5.75 Å². The van der Waals surface area contributed by atoms with Crippen molar-refractivity contribution in [1.29, 1.82) is 0 Å². The average Bonchev–Trinajstić information content (AvgIpc) is 2.52. The summed E-state index contributed by atoms with van der Waals surface area (Å²) < 4.78 is 5.44. The van der Waals surface area contributed by atoms with Crippen LogP contribution < -0.4 is 4.74 Å². The Hall–Kier alpha value is -0.670. The van der Waals surface area contributed by atoms with Crippen molar-refractivity contribution in [3.63, 3.8) is 0 Å². The number of aryl methyl sites for hydroxylation is 1. The van der Waals surface area contributed by atoms with E-state index in [1.165, 1.54) is 29.7 Å². The molecule has 26 heavy (non-hydrogen) atoms. The number of rotatable bonds is 4. The van der Waals surface area contributed by atoms with Crippen LogP contribution in [0, 0.1) is 29.6 Å². The van der Waals surface area contributed by atoms with Crippen molar-refractivity contribution in [3.05, 3.63) is 23.8 Å². The van der Waals surface area contributed by atoms with Crippen molar-refractivity contribution in [1.82, 2.24) is 0 Å². The van der Waals surface area contributed by atoms with Crippen LogP contribution in [0.25, 0.3) is 0 Å². The number of aliphatic hydroxyl groups is 1. The van der Waals surface area contributed by atoms with Crippen LogP contribution >= 0.6 is 11.8 Å². The number of methoxy groups -OCH3 is 1. The third kappa shape index (κ3) is 3.67. The van der Waals surface area contributed by atoms with E-state index in [0.29, 0.717) is 17.3 Å². The second-order valence-corrected chi connectivity index (χ2v) is 10.9. The van der Waals surface area contributed by atoms with Gasteiger partial charge in [-0.05, 0) is 80.0 Å². The molecule has 0 spiro atoms. The minimum absolute atomic E-state index is 0.227. The zero-order valence-electron chi connectivity index (χ0n) is 17.4. The zero-order chi connectivity index (χ0) is 19.2. The molecule has 2 fully saturated rings. The normalized spacial score (nSPS) is 36.4. The van der Waals surface area contributed by atoms with Gasteiger partial charge in [-0.25, -0.2) is 0 Å². The van der Waals surface area contributed by atoms with E-state index in [4.69, 9.17) is 4.74 Å². The molecule has 4 atom stereocenters. The van der Waals surface area contributed by atoms with Crippen LogP contribution in [0.15, 0.2) is 23.1 Å². The molecule has 146 valence electrons. The third-order valence-electron chi connectivity index (χ3n) is 7.44. The maximum absolute atomic E-state index is 11.3. The molecule has 2 aliphatic rings. The fourth-order valence-corrected chi connectivity index (χ4v) is 7.66. The SMILES string of the molecule is COc1cc(C)cc(SCC2C(C)(O)CCC3C(C)(C)CCCC32C)c1. The minimum Gasteiger partial charge on any atom is -0.497 e. The molecule has 0 saturated heterocycles. The highest BCUT2D eigenvalue weighted by Crippen LogP contribution is 2.62. The van der Waals surface area contributed by atoms with Crippen LogP contribution in [-0.4, -0.2) is 23.6 Å². The first-order chi connectivity index (χ1) is 12.1. The van der Waals surface area contributed by atoms with E-state index in [2.05, 4.69) is 52.8 Å². The summed E-state index contributed by atoms with van der Waals surface area (Å²) in [7, 11) is 1.73. The molecule has 0 amide bonds. The van der Waals surface area contributed by atoms with E-state index in [0.717, 1.165) is 24.3 Å². The molecule has 0 heterocycles. The zero-order valence-corrected chi connectivity index (χ0v) is 18.2. The van der Waals surface area contributed by atoms with Crippen LogP contribution in [0.1, 0.15) is 65.4 Å². The summed E-state index contributed by atoms with van der Waals surface area (Å²) in [5.74, 6) is 2.93. The van der Waals surface area contributed by atoms with Gasteiger partial charge in [-0.1, -0.05) is 27.2 Å². The Morgan fingerprint density at radius 2 is 1.85 bits per heavy atom. The summed E-state index contributed by atoms with van der Waals surface area (Å²) in [6.45, 7) is 11.6. The lowest BCUT2D eigenvalue weighted by atomic mass is 9.46. The highest BCUT2D eigenvalue weighted by Gasteiger charge is 2.57. The van der Waals surface area contributed by atoms with Gasteiger partial charge >= 0.3 is 0 Å². The Bertz CT molecular complexity index is 652. The molecule has 2 aliphatic carbocycles. The van der Waals surface area contributed by atoms with Crippen molar-refractivity contribution in [2.75, 3.05) is 12.9 Å². The van der Waals surface area contributed by atoms with Crippen molar-refractivity contribution in [2.45, 2.75) is 77.2 Å². The molecule has 2 nitrogen and oxygen atoms in total. The Kier molecular flexibility index (Phi) is 5.45. The fraction of sp³-hybridized carbons (Fsp3) is 0.739. The van der Waals surface area contributed by atoms with Gasteiger partial charge in [-0.3, -0.25) is 0 Å². The standard InChI is InChI=1S/C23H36O2S/c1-16-12-17(25-6)14-18(13-16)26-15-20-22(4)10-7-9-21(2,3)19(22)8-11-23(20,5)24/h12-14,19-20,24H,7-11,15H2,1-6H3. The van der Waals surface area contributed by atoms with E-state index in [1.807, 2.05) is 11.8 Å². The number of thioether (sulfide) groups is 1. The maximum Gasteiger partial charge on any atom is 0.120 e. The first-order valence-corrected chi connectivity index (χ1v) is 11.1. The maximum atomic E-state index is 11.3. The van der Waals surface area contributed by atoms with Crippen LogP contribution in [-0.2, 0) is 0 Å². The summed E-state index contributed by atoms with van der Waals surface area (Å²) >= 11 is 1.89. The van der Waals surface area contributed by atoms with Crippen LogP contribution in [0.2, 0.25) is 0 Å². The first-order valence-electron chi connectivity index (χ1n) is 10.1. The lowest BCUT2D eigenvalue weighted by Gasteiger charge is -2.61. The molecule has 4 unspecified atom stereocenters. The van der Waals surface area contributed by atoms with Gasteiger partial charge in [-0.2, -0.15) is 0 Å². The monoisotopic (exact) mass is 376 g/mol. The van der Waals surface area contributed by atoms with Crippen molar-refractivity contribution >= 4 is 11.8 Å². The molecular weight excluding hydrogens is 340 g/mol. The lowest BCUT2D eigenvalue weighted by Crippen LogP contribution is -2.58. The van der Waals surface area contributed by atoms with Gasteiger partial charge in [-0.15, -0.1) is 11.8 Å². The molecule has 0 radical (unpaired) electrons. The van der Waals surface area contributed by atoms with E-state index >= 15 is 0 Å². The second-order valence-electron chi connectivity index (χ2n) is 9.85. The van der Waals surface area contributed by atoms with Gasteiger partial charge in [0.1, 0.15) is 5.75 Å².